The second-order valence-corrected chi connectivity index (χ2v) is 4.94. The minimum absolute atomic E-state index is 0.505. The molecule has 1 heteroatoms. The molecule has 3 aliphatic rings. The van der Waals surface area contributed by atoms with Crippen LogP contribution in [-0.4, -0.2) is 5.78 Å². The highest BCUT2D eigenvalue weighted by atomic mass is 16.1. The molecule has 0 aromatic carbocycles. The van der Waals surface area contributed by atoms with Gasteiger partial charge >= 0.3 is 0 Å². The van der Waals surface area contributed by atoms with Crippen molar-refractivity contribution in [3.63, 3.8) is 0 Å². The Morgan fingerprint density at radius 2 is 1.92 bits per heavy atom. The van der Waals surface area contributed by atoms with Crippen LogP contribution < -0.4 is 0 Å². The Morgan fingerprint density at radius 3 is 2.75 bits per heavy atom. The molecule has 3 atom stereocenters. The van der Waals surface area contributed by atoms with Crippen molar-refractivity contribution in [1.82, 2.24) is 0 Å². The highest BCUT2D eigenvalue weighted by Crippen LogP contribution is 2.63. The Bertz CT molecular complexity index is 229. The summed E-state index contributed by atoms with van der Waals surface area (Å²) < 4.78 is 0. The maximum atomic E-state index is 11.7. The normalized spacial score (nSPS) is 51.2. The SMILES string of the molecule is O=C1C[C@H]2CCC[C@@]23CCC[C@H]13. The second-order valence-electron chi connectivity index (χ2n) is 4.94. The minimum atomic E-state index is 0.505. The van der Waals surface area contributed by atoms with E-state index in [9.17, 15) is 4.79 Å². The molecule has 66 valence electrons. The lowest BCUT2D eigenvalue weighted by Crippen LogP contribution is -2.23. The topological polar surface area (TPSA) is 17.1 Å². The number of Topliss-reactive ketones (excluding diaryl/α,β-unsaturated/α-hetero) is 1. The van der Waals surface area contributed by atoms with Crippen molar-refractivity contribution in [2.75, 3.05) is 0 Å². The van der Waals surface area contributed by atoms with E-state index in [2.05, 4.69) is 0 Å². The zero-order chi connectivity index (χ0) is 8.18. The van der Waals surface area contributed by atoms with Crippen LogP contribution in [0.5, 0.6) is 0 Å². The summed E-state index contributed by atoms with van der Waals surface area (Å²) >= 11 is 0. The lowest BCUT2D eigenvalue weighted by molar-refractivity contribution is -0.121. The first-order valence-corrected chi connectivity index (χ1v) is 5.36. The molecule has 0 aliphatic heterocycles. The summed E-state index contributed by atoms with van der Waals surface area (Å²) in [6.07, 6.45) is 8.96. The van der Waals surface area contributed by atoms with Gasteiger partial charge in [-0.2, -0.15) is 0 Å². The largest absolute Gasteiger partial charge is 0.299 e. The molecule has 3 saturated carbocycles. The van der Waals surface area contributed by atoms with E-state index in [-0.39, 0.29) is 0 Å². The summed E-state index contributed by atoms with van der Waals surface area (Å²) in [6.45, 7) is 0. The van der Waals surface area contributed by atoms with Crippen LogP contribution in [0.4, 0.5) is 0 Å². The standard InChI is InChI=1S/C11H16O/c12-10-7-8-3-1-5-11(8)6-2-4-9(10)11/h8-9H,1-7H2/t8-,9-,11-/m1/s1. The highest BCUT2D eigenvalue weighted by molar-refractivity contribution is 5.85. The molecule has 1 spiro atoms. The first-order valence-electron chi connectivity index (χ1n) is 5.36. The number of rotatable bonds is 0. The van der Waals surface area contributed by atoms with Gasteiger partial charge in [-0.1, -0.05) is 12.8 Å². The Kier molecular flexibility index (Phi) is 1.26. The van der Waals surface area contributed by atoms with Gasteiger partial charge in [0.25, 0.3) is 0 Å². The predicted molar refractivity (Wildman–Crippen MR) is 46.7 cm³/mol. The molecule has 3 aliphatic carbocycles. The van der Waals surface area contributed by atoms with E-state index in [1.807, 2.05) is 0 Å². The quantitative estimate of drug-likeness (QED) is 0.537. The Morgan fingerprint density at radius 1 is 1.17 bits per heavy atom. The van der Waals surface area contributed by atoms with E-state index >= 15 is 0 Å². The first-order chi connectivity index (χ1) is 5.83. The van der Waals surface area contributed by atoms with Crippen molar-refractivity contribution in [1.29, 1.82) is 0 Å². The van der Waals surface area contributed by atoms with Gasteiger partial charge in [0.1, 0.15) is 5.78 Å². The van der Waals surface area contributed by atoms with Gasteiger partial charge in [0.15, 0.2) is 0 Å². The second kappa shape index (κ2) is 2.12. The summed E-state index contributed by atoms with van der Waals surface area (Å²) in [5.41, 5.74) is 0.539. The summed E-state index contributed by atoms with van der Waals surface area (Å²) in [5, 5.41) is 0. The number of hydrogen-bond acceptors (Lipinski definition) is 1. The van der Waals surface area contributed by atoms with E-state index in [1.165, 1.54) is 38.5 Å². The summed E-state index contributed by atoms with van der Waals surface area (Å²) in [4.78, 5) is 11.7. The van der Waals surface area contributed by atoms with E-state index < -0.39 is 0 Å². The third-order valence-electron chi connectivity index (χ3n) is 4.67. The lowest BCUT2D eigenvalue weighted by Gasteiger charge is -2.27. The molecule has 0 amide bonds. The van der Waals surface area contributed by atoms with Gasteiger partial charge in [-0.05, 0) is 37.0 Å². The molecule has 0 N–H and O–H groups in total. The van der Waals surface area contributed by atoms with Gasteiger partial charge in [0.2, 0.25) is 0 Å². The zero-order valence-electron chi connectivity index (χ0n) is 7.51. The van der Waals surface area contributed by atoms with Crippen molar-refractivity contribution < 1.29 is 4.79 Å². The summed E-state index contributed by atoms with van der Waals surface area (Å²) in [6, 6.07) is 0. The molecule has 0 heterocycles. The van der Waals surface area contributed by atoms with Crippen molar-refractivity contribution >= 4 is 5.78 Å². The molecular weight excluding hydrogens is 148 g/mol. The van der Waals surface area contributed by atoms with Crippen LogP contribution in [0.3, 0.4) is 0 Å². The van der Waals surface area contributed by atoms with Crippen LogP contribution in [0, 0.1) is 17.3 Å². The van der Waals surface area contributed by atoms with Crippen LogP contribution in [0.25, 0.3) is 0 Å². The fourth-order valence-electron chi connectivity index (χ4n) is 4.23. The molecule has 0 saturated heterocycles. The van der Waals surface area contributed by atoms with Crippen LogP contribution in [0.1, 0.15) is 44.9 Å². The van der Waals surface area contributed by atoms with Crippen LogP contribution >= 0.6 is 0 Å². The third-order valence-corrected chi connectivity index (χ3v) is 4.67. The summed E-state index contributed by atoms with van der Waals surface area (Å²) in [5.74, 6) is 1.92. The van der Waals surface area contributed by atoms with Gasteiger partial charge in [0, 0.05) is 12.3 Å². The fourth-order valence-corrected chi connectivity index (χ4v) is 4.23. The molecule has 0 unspecified atom stereocenters. The average molecular weight is 164 g/mol. The first kappa shape index (κ1) is 7.11. The Hall–Kier alpha value is -0.330. The lowest BCUT2D eigenvalue weighted by atomic mass is 9.76. The Labute approximate surface area is 73.5 Å². The maximum absolute atomic E-state index is 11.7. The van der Waals surface area contributed by atoms with E-state index in [0.29, 0.717) is 17.1 Å². The smallest absolute Gasteiger partial charge is 0.136 e. The molecule has 0 radical (unpaired) electrons. The molecule has 0 aromatic rings. The molecule has 12 heavy (non-hydrogen) atoms. The van der Waals surface area contributed by atoms with Crippen LogP contribution in [-0.2, 0) is 4.79 Å². The molecular formula is C11H16O. The molecule has 1 nitrogen and oxygen atoms in total. The number of carbonyl (C=O) groups excluding carboxylic acids is 1. The number of carbonyl (C=O) groups is 1. The molecule has 0 bridgehead atoms. The van der Waals surface area contributed by atoms with Crippen molar-refractivity contribution in [2.45, 2.75) is 44.9 Å². The maximum Gasteiger partial charge on any atom is 0.136 e. The highest BCUT2D eigenvalue weighted by Gasteiger charge is 2.58. The van der Waals surface area contributed by atoms with E-state index in [1.54, 1.807) is 0 Å². The Balaban J connectivity index is 2.03. The van der Waals surface area contributed by atoms with Gasteiger partial charge in [-0.25, -0.2) is 0 Å². The summed E-state index contributed by atoms with van der Waals surface area (Å²) in [7, 11) is 0. The number of hydrogen-bond donors (Lipinski definition) is 0. The average Bonchev–Trinajstić information content (AvgIpc) is 2.63. The van der Waals surface area contributed by atoms with Gasteiger partial charge in [-0.3, -0.25) is 4.79 Å². The van der Waals surface area contributed by atoms with Crippen molar-refractivity contribution in [3.8, 4) is 0 Å². The molecule has 3 rings (SSSR count). The molecule has 3 fully saturated rings. The number of ketones is 1. The zero-order valence-corrected chi connectivity index (χ0v) is 7.51. The minimum Gasteiger partial charge on any atom is -0.299 e. The predicted octanol–water partition coefficient (Wildman–Crippen LogP) is 2.55. The van der Waals surface area contributed by atoms with Crippen molar-refractivity contribution in [3.05, 3.63) is 0 Å². The van der Waals surface area contributed by atoms with Crippen LogP contribution in [0.2, 0.25) is 0 Å². The van der Waals surface area contributed by atoms with Gasteiger partial charge < -0.3 is 0 Å². The van der Waals surface area contributed by atoms with E-state index in [4.69, 9.17) is 0 Å². The fraction of sp³-hybridized carbons (Fsp3) is 0.909. The monoisotopic (exact) mass is 164 g/mol. The van der Waals surface area contributed by atoms with Gasteiger partial charge in [0.05, 0.1) is 0 Å². The van der Waals surface area contributed by atoms with Crippen molar-refractivity contribution in [2.24, 2.45) is 17.3 Å². The van der Waals surface area contributed by atoms with Crippen LogP contribution in [0.15, 0.2) is 0 Å². The van der Waals surface area contributed by atoms with E-state index in [0.717, 1.165) is 12.3 Å². The third kappa shape index (κ3) is 0.641. The van der Waals surface area contributed by atoms with Gasteiger partial charge in [-0.15, -0.1) is 0 Å². The molecule has 0 aromatic heterocycles.